The zero-order valence-corrected chi connectivity index (χ0v) is 19.0. The fourth-order valence-corrected chi connectivity index (χ4v) is 4.74. The Morgan fingerprint density at radius 3 is 2.56 bits per heavy atom. The summed E-state index contributed by atoms with van der Waals surface area (Å²) >= 11 is 0. The van der Waals surface area contributed by atoms with Crippen molar-refractivity contribution < 1.29 is 4.74 Å². The van der Waals surface area contributed by atoms with Gasteiger partial charge in [0.25, 0.3) is 0 Å². The van der Waals surface area contributed by atoms with E-state index in [9.17, 15) is 0 Å². The first-order valence-corrected chi connectivity index (χ1v) is 11.9. The van der Waals surface area contributed by atoms with Crippen LogP contribution in [0.4, 0.5) is 0 Å². The second-order valence-electron chi connectivity index (χ2n) is 8.99. The quantitative estimate of drug-likeness (QED) is 0.355. The molecular weight excluding hydrogens is 422 g/mol. The molecule has 0 aliphatic carbocycles. The highest BCUT2D eigenvalue weighted by Crippen LogP contribution is 2.28. The molecule has 5 aromatic rings. The number of nitrogens with zero attached hydrogens (tertiary/aromatic N) is 5. The Labute approximate surface area is 198 Å². The second-order valence-corrected chi connectivity index (χ2v) is 8.99. The van der Waals surface area contributed by atoms with E-state index >= 15 is 0 Å². The smallest absolute Gasteiger partial charge is 0.187 e. The van der Waals surface area contributed by atoms with Crippen molar-refractivity contribution in [2.45, 2.75) is 19.4 Å². The second kappa shape index (κ2) is 9.23. The maximum atomic E-state index is 6.35. The third-order valence-electron chi connectivity index (χ3n) is 6.66. The predicted octanol–water partition coefficient (Wildman–Crippen LogP) is 5.24. The Balaban J connectivity index is 1.15. The van der Waals surface area contributed by atoms with Gasteiger partial charge in [0.2, 0.25) is 0 Å². The molecule has 0 radical (unpaired) electrons. The van der Waals surface area contributed by atoms with Gasteiger partial charge in [-0.05, 0) is 61.7 Å². The summed E-state index contributed by atoms with van der Waals surface area (Å²) in [5.41, 5.74) is 3.85. The largest absolute Gasteiger partial charge is 0.491 e. The number of aromatic nitrogens is 4. The van der Waals surface area contributed by atoms with Crippen molar-refractivity contribution in [1.29, 1.82) is 0 Å². The Bertz CT molecular complexity index is 1410. The van der Waals surface area contributed by atoms with Crippen molar-refractivity contribution >= 4 is 16.6 Å². The van der Waals surface area contributed by atoms with E-state index in [1.54, 1.807) is 0 Å². The highest BCUT2D eigenvalue weighted by molar-refractivity contribution is 5.86. The predicted molar refractivity (Wildman–Crippen MR) is 134 cm³/mol. The molecule has 0 N–H and O–H groups in total. The SMILES string of the molecule is c1ccc(CN2CCC(COc3cccc4ccc(-c5nnc6ccccn56)nc34)CC2)cc1. The van der Waals surface area contributed by atoms with Gasteiger partial charge in [-0.15, -0.1) is 10.2 Å². The zero-order valence-electron chi connectivity index (χ0n) is 19.0. The molecule has 170 valence electrons. The molecule has 0 unspecified atom stereocenters. The van der Waals surface area contributed by atoms with Gasteiger partial charge in [-0.2, -0.15) is 0 Å². The van der Waals surface area contributed by atoms with Crippen LogP contribution in [0.2, 0.25) is 0 Å². The van der Waals surface area contributed by atoms with Crippen molar-refractivity contribution in [1.82, 2.24) is 24.5 Å². The fraction of sp³-hybridized carbons (Fsp3) is 0.250. The first-order chi connectivity index (χ1) is 16.8. The first kappa shape index (κ1) is 20.8. The minimum Gasteiger partial charge on any atom is -0.491 e. The van der Waals surface area contributed by atoms with Crippen molar-refractivity contribution in [3.8, 4) is 17.3 Å². The number of hydrogen-bond donors (Lipinski definition) is 0. The molecule has 0 bridgehead atoms. The van der Waals surface area contributed by atoms with E-state index < -0.39 is 0 Å². The van der Waals surface area contributed by atoms with E-state index in [0.717, 1.165) is 72.9 Å². The summed E-state index contributed by atoms with van der Waals surface area (Å²) < 4.78 is 8.31. The van der Waals surface area contributed by atoms with Crippen LogP contribution in [0.3, 0.4) is 0 Å². The third-order valence-corrected chi connectivity index (χ3v) is 6.66. The summed E-state index contributed by atoms with van der Waals surface area (Å²) in [7, 11) is 0. The van der Waals surface area contributed by atoms with Crippen LogP contribution in [-0.2, 0) is 6.54 Å². The minimum absolute atomic E-state index is 0.561. The molecule has 1 aliphatic heterocycles. The van der Waals surface area contributed by atoms with Gasteiger partial charge in [-0.3, -0.25) is 9.30 Å². The lowest BCUT2D eigenvalue weighted by Crippen LogP contribution is -2.35. The molecule has 6 heteroatoms. The summed E-state index contributed by atoms with van der Waals surface area (Å²) in [6.45, 7) is 3.97. The van der Waals surface area contributed by atoms with Crippen LogP contribution in [-0.4, -0.2) is 44.2 Å². The molecule has 0 atom stereocenters. The normalized spacial score (nSPS) is 15.2. The maximum Gasteiger partial charge on any atom is 0.187 e. The summed E-state index contributed by atoms with van der Waals surface area (Å²) in [4.78, 5) is 7.48. The van der Waals surface area contributed by atoms with E-state index in [1.807, 2.05) is 47.0 Å². The summed E-state index contributed by atoms with van der Waals surface area (Å²) in [5.74, 6) is 2.13. The van der Waals surface area contributed by atoms with Crippen LogP contribution in [0.1, 0.15) is 18.4 Å². The molecule has 1 saturated heterocycles. The highest BCUT2D eigenvalue weighted by atomic mass is 16.5. The van der Waals surface area contributed by atoms with Crippen LogP contribution in [0.25, 0.3) is 28.1 Å². The Morgan fingerprint density at radius 2 is 1.68 bits per heavy atom. The van der Waals surface area contributed by atoms with Crippen molar-refractivity contribution in [2.24, 2.45) is 5.92 Å². The van der Waals surface area contributed by atoms with Gasteiger partial charge in [0, 0.05) is 18.1 Å². The topological polar surface area (TPSA) is 55.5 Å². The van der Waals surface area contributed by atoms with Gasteiger partial charge in [-0.1, -0.05) is 54.6 Å². The molecule has 2 aromatic carbocycles. The number of hydrogen-bond acceptors (Lipinski definition) is 5. The first-order valence-electron chi connectivity index (χ1n) is 11.9. The molecule has 1 aliphatic rings. The number of ether oxygens (including phenoxy) is 1. The van der Waals surface area contributed by atoms with Crippen LogP contribution < -0.4 is 4.74 Å². The van der Waals surface area contributed by atoms with Crippen molar-refractivity contribution in [2.75, 3.05) is 19.7 Å². The van der Waals surface area contributed by atoms with E-state index in [2.05, 4.69) is 57.6 Å². The fourth-order valence-electron chi connectivity index (χ4n) is 4.74. The van der Waals surface area contributed by atoms with Crippen molar-refractivity contribution in [3.63, 3.8) is 0 Å². The minimum atomic E-state index is 0.561. The molecular formula is C28H27N5O. The lowest BCUT2D eigenvalue weighted by Gasteiger charge is -2.31. The third kappa shape index (κ3) is 4.24. The zero-order chi connectivity index (χ0) is 22.7. The number of likely N-dealkylation sites (tertiary alicyclic amines) is 1. The number of benzene rings is 2. The number of piperidine rings is 1. The van der Waals surface area contributed by atoms with Crippen molar-refractivity contribution in [3.05, 3.63) is 90.6 Å². The van der Waals surface area contributed by atoms with Crippen LogP contribution in [0.5, 0.6) is 5.75 Å². The lowest BCUT2D eigenvalue weighted by molar-refractivity contribution is 0.137. The highest BCUT2D eigenvalue weighted by Gasteiger charge is 2.20. The van der Waals surface area contributed by atoms with Gasteiger partial charge in [0.15, 0.2) is 11.5 Å². The molecule has 0 spiro atoms. The lowest BCUT2D eigenvalue weighted by atomic mass is 9.97. The molecule has 3 aromatic heterocycles. The van der Waals surface area contributed by atoms with E-state index in [-0.39, 0.29) is 0 Å². The van der Waals surface area contributed by atoms with E-state index in [0.29, 0.717) is 5.92 Å². The summed E-state index contributed by atoms with van der Waals surface area (Å²) in [6, 6.07) is 26.8. The molecule has 1 fully saturated rings. The van der Waals surface area contributed by atoms with Crippen LogP contribution in [0.15, 0.2) is 85.1 Å². The maximum absolute atomic E-state index is 6.35. The number of rotatable bonds is 6. The van der Waals surface area contributed by atoms with Gasteiger partial charge in [0.05, 0.1) is 6.61 Å². The van der Waals surface area contributed by atoms with Gasteiger partial charge >= 0.3 is 0 Å². The number of fused-ring (bicyclic) bond motifs is 2. The standard InChI is InChI=1S/C28H27N5O/c1-2-7-21(8-3-1)19-32-17-14-22(15-18-32)20-34-25-10-6-9-23-12-13-24(29-27(23)25)28-31-30-26-11-4-5-16-33(26)28/h1-13,16,22H,14-15,17-20H2. The average Bonchev–Trinajstić information content (AvgIpc) is 3.33. The van der Waals surface area contributed by atoms with E-state index in [1.165, 1.54) is 5.56 Å². The van der Waals surface area contributed by atoms with Gasteiger partial charge in [-0.25, -0.2) is 4.98 Å². The molecule has 4 heterocycles. The monoisotopic (exact) mass is 449 g/mol. The number of pyridine rings is 2. The van der Waals surface area contributed by atoms with Gasteiger partial charge in [0.1, 0.15) is 17.0 Å². The van der Waals surface area contributed by atoms with Crippen LogP contribution in [0, 0.1) is 5.92 Å². The summed E-state index contributed by atoms with van der Waals surface area (Å²) in [6.07, 6.45) is 4.27. The van der Waals surface area contributed by atoms with Crippen LogP contribution >= 0.6 is 0 Å². The van der Waals surface area contributed by atoms with Gasteiger partial charge < -0.3 is 4.74 Å². The Hall–Kier alpha value is -3.77. The number of para-hydroxylation sites is 1. The Kier molecular flexibility index (Phi) is 5.65. The Morgan fingerprint density at radius 1 is 0.824 bits per heavy atom. The van der Waals surface area contributed by atoms with E-state index in [4.69, 9.17) is 9.72 Å². The molecule has 34 heavy (non-hydrogen) atoms. The molecule has 0 amide bonds. The molecule has 6 nitrogen and oxygen atoms in total. The average molecular weight is 450 g/mol. The summed E-state index contributed by atoms with van der Waals surface area (Å²) in [5, 5.41) is 9.69. The molecule has 0 saturated carbocycles. The molecule has 6 rings (SSSR count).